The molecule has 0 radical (unpaired) electrons. The minimum atomic E-state index is -0.691. The average Bonchev–Trinajstić information content (AvgIpc) is 3.28. The number of anilines is 2. The quantitative estimate of drug-likeness (QED) is 0.587. The number of carbonyl (C=O) groups is 2. The van der Waals surface area contributed by atoms with E-state index in [0.29, 0.717) is 37.8 Å². The van der Waals surface area contributed by atoms with Crippen molar-refractivity contribution in [1.29, 1.82) is 0 Å². The highest BCUT2D eigenvalue weighted by atomic mass is 16.5. The molecular formula is C19H21N3O6. The fraction of sp³-hybridized carbons (Fsp3) is 0.316. The van der Waals surface area contributed by atoms with Gasteiger partial charge in [0.25, 0.3) is 0 Å². The fourth-order valence-electron chi connectivity index (χ4n) is 2.81. The maximum absolute atomic E-state index is 12.1. The van der Waals surface area contributed by atoms with Gasteiger partial charge in [-0.3, -0.25) is 0 Å². The number of carbonyl (C=O) groups excluding carboxylic acids is 2. The first-order valence-corrected chi connectivity index (χ1v) is 8.63. The molecule has 1 aliphatic heterocycles. The Kier molecular flexibility index (Phi) is 6.28. The molecule has 0 bridgehead atoms. The number of nitrogens with zero attached hydrogens (tertiary/aromatic N) is 2. The largest absolute Gasteiger partial charge is 0.466 e. The number of morpholine rings is 1. The zero-order valence-corrected chi connectivity index (χ0v) is 15.6. The van der Waals surface area contributed by atoms with E-state index in [1.807, 2.05) is 18.2 Å². The number of rotatable bonds is 6. The van der Waals surface area contributed by atoms with Crippen LogP contribution in [-0.2, 0) is 23.8 Å². The number of hydrogen-bond acceptors (Lipinski definition) is 9. The lowest BCUT2D eigenvalue weighted by atomic mass is 10.1. The normalized spacial score (nSPS) is 14.5. The molecule has 148 valence electrons. The van der Waals surface area contributed by atoms with E-state index in [9.17, 15) is 9.59 Å². The second kappa shape index (κ2) is 9.05. The molecule has 0 aliphatic carbocycles. The van der Waals surface area contributed by atoms with Gasteiger partial charge in [-0.1, -0.05) is 0 Å². The Morgan fingerprint density at radius 2 is 2.00 bits per heavy atom. The number of esters is 2. The van der Waals surface area contributed by atoms with Crippen LogP contribution < -0.4 is 10.2 Å². The van der Waals surface area contributed by atoms with Crippen molar-refractivity contribution in [3.63, 3.8) is 0 Å². The van der Waals surface area contributed by atoms with Crippen molar-refractivity contribution in [1.82, 2.24) is 4.98 Å². The first-order valence-electron chi connectivity index (χ1n) is 8.63. The van der Waals surface area contributed by atoms with Gasteiger partial charge in [-0.15, -0.1) is 0 Å². The molecule has 2 aromatic rings. The molecule has 0 saturated carbocycles. The molecule has 0 unspecified atom stereocenters. The van der Waals surface area contributed by atoms with Gasteiger partial charge < -0.3 is 28.8 Å². The molecule has 1 aliphatic rings. The van der Waals surface area contributed by atoms with Crippen LogP contribution in [0, 0.1) is 0 Å². The van der Waals surface area contributed by atoms with E-state index in [1.54, 1.807) is 6.20 Å². The summed E-state index contributed by atoms with van der Waals surface area (Å²) >= 11 is 0. The summed E-state index contributed by atoms with van der Waals surface area (Å²) in [5, 5.41) is 3.00. The maximum Gasteiger partial charge on any atom is 0.354 e. The van der Waals surface area contributed by atoms with Gasteiger partial charge in [-0.2, -0.15) is 0 Å². The topological polar surface area (TPSA) is 103 Å². The molecule has 3 rings (SSSR count). The Morgan fingerprint density at radius 3 is 2.64 bits per heavy atom. The predicted molar refractivity (Wildman–Crippen MR) is 101 cm³/mol. The summed E-state index contributed by atoms with van der Waals surface area (Å²) in [6.07, 6.45) is 3.99. The van der Waals surface area contributed by atoms with Crippen molar-refractivity contribution >= 4 is 23.3 Å². The Hall–Kier alpha value is -3.33. The molecule has 1 fully saturated rings. The SMILES string of the molecule is COC(=O)/C=C(/Nc1cc(-c2cnco2)ccc1N1CCOCC1)C(=O)OC. The predicted octanol–water partition coefficient (Wildman–Crippen LogP) is 1.82. The van der Waals surface area contributed by atoms with Gasteiger partial charge in [-0.25, -0.2) is 14.6 Å². The fourth-order valence-corrected chi connectivity index (χ4v) is 2.81. The van der Waals surface area contributed by atoms with E-state index < -0.39 is 11.9 Å². The summed E-state index contributed by atoms with van der Waals surface area (Å²) in [7, 11) is 2.47. The molecule has 9 nitrogen and oxygen atoms in total. The van der Waals surface area contributed by atoms with Crippen molar-refractivity contribution in [2.75, 3.05) is 50.7 Å². The molecule has 0 spiro atoms. The number of oxazole rings is 1. The van der Waals surface area contributed by atoms with Gasteiger partial charge in [0.1, 0.15) is 5.70 Å². The van der Waals surface area contributed by atoms with Crippen molar-refractivity contribution in [3.8, 4) is 11.3 Å². The maximum atomic E-state index is 12.1. The lowest BCUT2D eigenvalue weighted by molar-refractivity contribution is -0.138. The van der Waals surface area contributed by atoms with Crippen LogP contribution in [0.15, 0.2) is 47.0 Å². The molecule has 0 amide bonds. The third kappa shape index (κ3) is 4.49. The molecule has 9 heteroatoms. The number of benzene rings is 1. The standard InChI is InChI=1S/C19H21N3O6/c1-25-18(23)10-15(19(24)26-2)21-14-9-13(17-11-20-12-28-17)3-4-16(14)22-5-7-27-8-6-22/h3-4,9-12,21H,5-8H2,1-2H3/b15-10+. The van der Waals surface area contributed by atoms with E-state index in [0.717, 1.165) is 17.3 Å². The number of nitrogens with one attached hydrogen (secondary N) is 1. The van der Waals surface area contributed by atoms with Crippen LogP contribution in [0.4, 0.5) is 11.4 Å². The third-order valence-electron chi connectivity index (χ3n) is 4.20. The summed E-state index contributed by atoms with van der Waals surface area (Å²) in [5.41, 5.74) is 2.18. The Balaban J connectivity index is 2.01. The van der Waals surface area contributed by atoms with Crippen LogP contribution in [0.3, 0.4) is 0 Å². The van der Waals surface area contributed by atoms with E-state index in [1.165, 1.54) is 20.6 Å². The second-order valence-electron chi connectivity index (χ2n) is 5.89. The Bertz CT molecular complexity index is 857. The second-order valence-corrected chi connectivity index (χ2v) is 5.89. The molecule has 1 aromatic carbocycles. The van der Waals surface area contributed by atoms with Crippen molar-refractivity contribution < 1.29 is 28.2 Å². The first kappa shape index (κ1) is 19.4. The van der Waals surface area contributed by atoms with Crippen LogP contribution in [0.1, 0.15) is 0 Å². The van der Waals surface area contributed by atoms with Crippen molar-refractivity contribution in [2.45, 2.75) is 0 Å². The number of aromatic nitrogens is 1. The minimum absolute atomic E-state index is 0.0430. The van der Waals surface area contributed by atoms with Gasteiger partial charge in [0.15, 0.2) is 12.2 Å². The first-order chi connectivity index (χ1) is 13.6. The molecule has 1 aromatic heterocycles. The lowest BCUT2D eigenvalue weighted by Gasteiger charge is -2.31. The Morgan fingerprint density at radius 1 is 1.21 bits per heavy atom. The molecular weight excluding hydrogens is 366 g/mol. The van der Waals surface area contributed by atoms with E-state index in [4.69, 9.17) is 13.9 Å². The summed E-state index contributed by atoms with van der Waals surface area (Å²) in [4.78, 5) is 29.9. The third-order valence-corrected chi connectivity index (χ3v) is 4.20. The molecule has 2 heterocycles. The highest BCUT2D eigenvalue weighted by molar-refractivity contribution is 5.99. The summed E-state index contributed by atoms with van der Waals surface area (Å²) < 4.78 is 20.2. The van der Waals surface area contributed by atoms with Gasteiger partial charge in [-0.05, 0) is 18.2 Å². The molecule has 0 atom stereocenters. The smallest absolute Gasteiger partial charge is 0.354 e. The summed E-state index contributed by atoms with van der Waals surface area (Å²) in [6, 6.07) is 5.64. The van der Waals surface area contributed by atoms with Crippen LogP contribution in [-0.4, -0.2) is 57.4 Å². The van der Waals surface area contributed by atoms with Crippen LogP contribution >= 0.6 is 0 Å². The van der Waals surface area contributed by atoms with Gasteiger partial charge >= 0.3 is 11.9 Å². The summed E-state index contributed by atoms with van der Waals surface area (Å²) in [5.74, 6) is -0.788. The zero-order chi connectivity index (χ0) is 19.9. The van der Waals surface area contributed by atoms with E-state index in [-0.39, 0.29) is 5.70 Å². The highest BCUT2D eigenvalue weighted by Crippen LogP contribution is 2.33. The van der Waals surface area contributed by atoms with E-state index in [2.05, 4.69) is 19.9 Å². The molecule has 28 heavy (non-hydrogen) atoms. The van der Waals surface area contributed by atoms with Crippen molar-refractivity contribution in [2.24, 2.45) is 0 Å². The number of methoxy groups -OCH3 is 2. The number of hydrogen-bond donors (Lipinski definition) is 1. The Labute approximate surface area is 161 Å². The number of ether oxygens (including phenoxy) is 3. The minimum Gasteiger partial charge on any atom is -0.466 e. The van der Waals surface area contributed by atoms with Crippen LogP contribution in [0.2, 0.25) is 0 Å². The van der Waals surface area contributed by atoms with Crippen LogP contribution in [0.5, 0.6) is 0 Å². The highest BCUT2D eigenvalue weighted by Gasteiger charge is 2.20. The van der Waals surface area contributed by atoms with Gasteiger partial charge in [0.2, 0.25) is 0 Å². The van der Waals surface area contributed by atoms with Crippen molar-refractivity contribution in [3.05, 3.63) is 42.6 Å². The van der Waals surface area contributed by atoms with Gasteiger partial charge in [0, 0.05) is 18.7 Å². The van der Waals surface area contributed by atoms with Crippen LogP contribution in [0.25, 0.3) is 11.3 Å². The van der Waals surface area contributed by atoms with Gasteiger partial charge in [0.05, 0.1) is 51.1 Å². The summed E-state index contributed by atoms with van der Waals surface area (Å²) in [6.45, 7) is 2.60. The average molecular weight is 387 g/mol. The van der Waals surface area contributed by atoms with E-state index >= 15 is 0 Å². The molecule has 1 saturated heterocycles. The lowest BCUT2D eigenvalue weighted by Crippen LogP contribution is -2.36. The molecule has 1 N–H and O–H groups in total. The monoisotopic (exact) mass is 387 g/mol. The zero-order valence-electron chi connectivity index (χ0n) is 15.6.